The molecule has 5 heteroatoms. The van der Waals surface area contributed by atoms with E-state index >= 15 is 0 Å². The summed E-state index contributed by atoms with van der Waals surface area (Å²) >= 11 is 0. The highest BCUT2D eigenvalue weighted by atomic mass is 16.6. The normalized spacial score (nSPS) is 12.1. The number of alkyl carbamates (subject to hydrolysis) is 1. The highest BCUT2D eigenvalue weighted by Gasteiger charge is 2.26. The van der Waals surface area contributed by atoms with E-state index in [9.17, 15) is 9.59 Å². The van der Waals surface area contributed by atoms with Crippen LogP contribution in [0.25, 0.3) is 0 Å². The van der Waals surface area contributed by atoms with Crippen LogP contribution in [0.3, 0.4) is 0 Å². The number of carbonyl (C=O) groups is 2. The number of aryl methyl sites for hydroxylation is 1. The van der Waals surface area contributed by atoms with Crippen molar-refractivity contribution in [1.29, 1.82) is 0 Å². The van der Waals surface area contributed by atoms with Crippen molar-refractivity contribution in [2.75, 3.05) is 0 Å². The fourth-order valence-electron chi connectivity index (χ4n) is 2.55. The lowest BCUT2D eigenvalue weighted by molar-refractivity contribution is -0.147. The Morgan fingerprint density at radius 1 is 1.00 bits per heavy atom. The average Bonchev–Trinajstić information content (AvgIpc) is 2.58. The van der Waals surface area contributed by atoms with Gasteiger partial charge in [-0.15, -0.1) is 0 Å². The maximum atomic E-state index is 12.6. The zero-order valence-corrected chi connectivity index (χ0v) is 16.3. The van der Waals surface area contributed by atoms with Gasteiger partial charge in [-0.05, 0) is 38.8 Å². The minimum Gasteiger partial charge on any atom is -0.459 e. The summed E-state index contributed by atoms with van der Waals surface area (Å²) in [5.74, 6) is -0.494. The molecule has 1 N–H and O–H groups in total. The smallest absolute Gasteiger partial charge is 0.408 e. The molecule has 0 radical (unpaired) electrons. The largest absolute Gasteiger partial charge is 0.459 e. The van der Waals surface area contributed by atoms with Crippen LogP contribution in [0, 0.1) is 6.92 Å². The second kappa shape index (κ2) is 9.21. The molecule has 1 amide bonds. The molecular formula is C22H27NO4. The van der Waals surface area contributed by atoms with Gasteiger partial charge in [0.25, 0.3) is 0 Å². The highest BCUT2D eigenvalue weighted by Crippen LogP contribution is 2.11. The van der Waals surface area contributed by atoms with Gasteiger partial charge in [-0.25, -0.2) is 9.59 Å². The molecule has 27 heavy (non-hydrogen) atoms. The first-order valence-corrected chi connectivity index (χ1v) is 8.98. The monoisotopic (exact) mass is 369 g/mol. The van der Waals surface area contributed by atoms with Gasteiger partial charge in [-0.3, -0.25) is 0 Å². The van der Waals surface area contributed by atoms with Crippen molar-refractivity contribution in [3.05, 3.63) is 71.3 Å². The number of rotatable bonds is 6. The molecule has 0 aliphatic carbocycles. The Labute approximate surface area is 160 Å². The Bertz CT molecular complexity index is 765. The van der Waals surface area contributed by atoms with Crippen LogP contribution in [-0.2, 0) is 27.3 Å². The number of ether oxygens (including phenoxy) is 2. The maximum absolute atomic E-state index is 12.6. The molecule has 0 aromatic heterocycles. The molecule has 144 valence electrons. The lowest BCUT2D eigenvalue weighted by Crippen LogP contribution is -2.45. The first kappa shape index (κ1) is 20.5. The van der Waals surface area contributed by atoms with Crippen LogP contribution in [0.1, 0.15) is 37.5 Å². The maximum Gasteiger partial charge on any atom is 0.408 e. The predicted octanol–water partition coefficient (Wildman–Crippen LogP) is 4.17. The third-order valence-electron chi connectivity index (χ3n) is 3.72. The Balaban J connectivity index is 2.07. The zero-order valence-electron chi connectivity index (χ0n) is 16.3. The molecule has 0 spiro atoms. The molecule has 0 heterocycles. The van der Waals surface area contributed by atoms with E-state index in [-0.39, 0.29) is 6.61 Å². The van der Waals surface area contributed by atoms with Crippen molar-refractivity contribution in [3.8, 4) is 0 Å². The van der Waals surface area contributed by atoms with Crippen molar-refractivity contribution < 1.29 is 19.1 Å². The van der Waals surface area contributed by atoms with Gasteiger partial charge >= 0.3 is 12.1 Å². The second-order valence-electron chi connectivity index (χ2n) is 7.49. The number of esters is 1. The second-order valence-corrected chi connectivity index (χ2v) is 7.49. The number of hydrogen-bond acceptors (Lipinski definition) is 4. The molecule has 0 bridgehead atoms. The summed E-state index contributed by atoms with van der Waals surface area (Å²) in [5.41, 5.74) is 2.26. The van der Waals surface area contributed by atoms with Gasteiger partial charge < -0.3 is 14.8 Å². The summed E-state index contributed by atoms with van der Waals surface area (Å²) in [4.78, 5) is 24.8. The summed E-state index contributed by atoms with van der Waals surface area (Å²) in [6.45, 7) is 7.45. The van der Waals surface area contributed by atoms with Crippen LogP contribution in [0.15, 0.2) is 54.6 Å². The Kier molecular flexibility index (Phi) is 6.99. The minimum absolute atomic E-state index is 0.153. The SMILES string of the molecule is Cc1cccc(C[C@H](NC(=O)OC(C)(C)C)C(=O)OCc2ccccc2)c1. The molecule has 0 saturated carbocycles. The van der Waals surface area contributed by atoms with Crippen LogP contribution in [0.5, 0.6) is 0 Å². The van der Waals surface area contributed by atoms with E-state index < -0.39 is 23.7 Å². The number of carbonyl (C=O) groups excluding carboxylic acids is 2. The Morgan fingerprint density at radius 2 is 1.67 bits per heavy atom. The molecule has 0 aliphatic heterocycles. The zero-order chi connectivity index (χ0) is 19.9. The van der Waals surface area contributed by atoms with Gasteiger partial charge in [0.1, 0.15) is 18.2 Å². The summed E-state index contributed by atoms with van der Waals surface area (Å²) in [5, 5.41) is 2.64. The first-order valence-electron chi connectivity index (χ1n) is 8.98. The standard InChI is InChI=1S/C22H27NO4/c1-16-9-8-12-18(13-16)14-19(23-21(25)27-22(2,3)4)20(24)26-15-17-10-6-5-7-11-17/h5-13,19H,14-15H2,1-4H3,(H,23,25)/t19-/m0/s1. The molecule has 2 aromatic carbocycles. The average molecular weight is 369 g/mol. The van der Waals surface area contributed by atoms with Gasteiger partial charge in [0.2, 0.25) is 0 Å². The molecule has 0 fully saturated rings. The van der Waals surface area contributed by atoms with Crippen molar-refractivity contribution in [2.45, 2.75) is 52.4 Å². The summed E-state index contributed by atoms with van der Waals surface area (Å²) < 4.78 is 10.7. The lowest BCUT2D eigenvalue weighted by Gasteiger charge is -2.23. The van der Waals surface area contributed by atoms with E-state index in [0.717, 1.165) is 16.7 Å². The Hall–Kier alpha value is -2.82. The quantitative estimate of drug-likeness (QED) is 0.776. The summed E-state index contributed by atoms with van der Waals surface area (Å²) in [7, 11) is 0. The van der Waals surface area contributed by atoms with E-state index in [2.05, 4.69) is 5.32 Å². The topological polar surface area (TPSA) is 64.6 Å². The fourth-order valence-corrected chi connectivity index (χ4v) is 2.55. The van der Waals surface area contributed by atoms with Crippen molar-refractivity contribution in [3.63, 3.8) is 0 Å². The highest BCUT2D eigenvalue weighted by molar-refractivity contribution is 5.81. The van der Waals surface area contributed by atoms with Crippen LogP contribution >= 0.6 is 0 Å². The Morgan fingerprint density at radius 3 is 2.30 bits per heavy atom. The number of amides is 1. The van der Waals surface area contributed by atoms with E-state index in [4.69, 9.17) is 9.47 Å². The predicted molar refractivity (Wildman–Crippen MR) is 104 cm³/mol. The summed E-state index contributed by atoms with van der Waals surface area (Å²) in [6, 6.07) is 16.4. The first-order chi connectivity index (χ1) is 12.7. The molecule has 2 aromatic rings. The van der Waals surface area contributed by atoms with Crippen LogP contribution < -0.4 is 5.32 Å². The molecule has 0 aliphatic rings. The molecule has 1 atom stereocenters. The van der Waals surface area contributed by atoms with Gasteiger partial charge in [0.05, 0.1) is 0 Å². The van der Waals surface area contributed by atoms with E-state index in [1.54, 1.807) is 20.8 Å². The number of hydrogen-bond donors (Lipinski definition) is 1. The third kappa shape index (κ3) is 7.52. The minimum atomic E-state index is -0.828. The van der Waals surface area contributed by atoms with E-state index in [1.807, 2.05) is 61.5 Å². The molecule has 5 nitrogen and oxygen atoms in total. The van der Waals surface area contributed by atoms with Gasteiger partial charge in [-0.1, -0.05) is 60.2 Å². The van der Waals surface area contributed by atoms with Gasteiger partial charge in [0.15, 0.2) is 0 Å². The molecular weight excluding hydrogens is 342 g/mol. The summed E-state index contributed by atoms with van der Waals surface area (Å²) in [6.07, 6.45) is -0.314. The lowest BCUT2D eigenvalue weighted by atomic mass is 10.0. The van der Waals surface area contributed by atoms with E-state index in [0.29, 0.717) is 6.42 Å². The van der Waals surface area contributed by atoms with Crippen LogP contribution in [0.2, 0.25) is 0 Å². The molecule has 0 unspecified atom stereocenters. The molecule has 0 saturated heterocycles. The third-order valence-corrected chi connectivity index (χ3v) is 3.72. The fraction of sp³-hybridized carbons (Fsp3) is 0.364. The number of benzene rings is 2. The van der Waals surface area contributed by atoms with Crippen molar-refractivity contribution in [2.24, 2.45) is 0 Å². The van der Waals surface area contributed by atoms with E-state index in [1.165, 1.54) is 0 Å². The van der Waals surface area contributed by atoms with Crippen molar-refractivity contribution >= 4 is 12.1 Å². The van der Waals surface area contributed by atoms with Crippen LogP contribution in [-0.4, -0.2) is 23.7 Å². The van der Waals surface area contributed by atoms with Crippen molar-refractivity contribution in [1.82, 2.24) is 5.32 Å². The van der Waals surface area contributed by atoms with Gasteiger partial charge in [0, 0.05) is 6.42 Å². The molecule has 2 rings (SSSR count). The number of nitrogens with one attached hydrogen (secondary N) is 1. The van der Waals surface area contributed by atoms with Gasteiger partial charge in [-0.2, -0.15) is 0 Å². The van der Waals surface area contributed by atoms with Crippen LogP contribution in [0.4, 0.5) is 4.79 Å².